The maximum Gasteiger partial charge on any atom is 0.245 e. The molecule has 0 atom stereocenters. The lowest BCUT2D eigenvalue weighted by Crippen LogP contribution is -2.43. The Bertz CT molecular complexity index is 1250. The summed E-state index contributed by atoms with van der Waals surface area (Å²) in [6.07, 6.45) is 0.944. The topological polar surface area (TPSA) is 102 Å². The van der Waals surface area contributed by atoms with Gasteiger partial charge in [0.25, 0.3) is 0 Å². The van der Waals surface area contributed by atoms with Crippen LogP contribution in [0.3, 0.4) is 0 Å². The van der Waals surface area contributed by atoms with Crippen LogP contribution in [0.25, 0.3) is 11.0 Å². The van der Waals surface area contributed by atoms with Gasteiger partial charge >= 0.3 is 0 Å². The van der Waals surface area contributed by atoms with Crippen molar-refractivity contribution in [3.63, 3.8) is 0 Å². The van der Waals surface area contributed by atoms with E-state index in [1.165, 1.54) is 4.31 Å². The number of hydrogen-bond donors (Lipinski definition) is 0. The Balaban J connectivity index is 1.40. The van der Waals surface area contributed by atoms with Crippen LogP contribution in [0, 0.1) is 5.92 Å². The fourth-order valence-corrected chi connectivity index (χ4v) is 6.34. The fourth-order valence-electron chi connectivity index (χ4n) is 4.11. The smallest absolute Gasteiger partial charge is 0.245 e. The summed E-state index contributed by atoms with van der Waals surface area (Å²) < 4.78 is 46.7. The molecule has 0 unspecified atom stereocenters. The third-order valence-corrected chi connectivity index (χ3v) is 8.39. The second kappa shape index (κ2) is 9.62. The van der Waals surface area contributed by atoms with Crippen molar-refractivity contribution in [1.29, 1.82) is 0 Å². The molecule has 3 aromatic rings. The van der Waals surface area contributed by atoms with Gasteiger partial charge in [0.2, 0.25) is 15.9 Å². The average molecular weight is 491 g/mol. The Morgan fingerprint density at radius 1 is 1.12 bits per heavy atom. The number of sulfonamides is 1. The van der Waals surface area contributed by atoms with Crippen LogP contribution in [0.15, 0.2) is 41.3 Å². The molecule has 1 aromatic heterocycles. The second-order valence-corrected chi connectivity index (χ2v) is 10.4. The van der Waals surface area contributed by atoms with E-state index in [0.29, 0.717) is 41.9 Å². The Labute approximate surface area is 197 Å². The molecule has 1 aliphatic rings. The molecule has 0 aliphatic carbocycles. The molecule has 1 saturated heterocycles. The van der Waals surface area contributed by atoms with Crippen LogP contribution < -0.4 is 9.47 Å². The number of carbonyl (C=O) groups excluding carboxylic acids is 1. The first-order valence-electron chi connectivity index (χ1n) is 10.5. The molecule has 0 saturated carbocycles. The molecular weight excluding hydrogens is 464 g/mol. The normalized spacial score (nSPS) is 15.5. The second-order valence-electron chi connectivity index (χ2n) is 7.95. The minimum Gasteiger partial charge on any atom is -0.493 e. The molecular formula is C22H26N4O5S2. The highest BCUT2D eigenvalue weighted by atomic mass is 32.2. The molecule has 1 fully saturated rings. The molecule has 11 heteroatoms. The average Bonchev–Trinajstić information content (AvgIpc) is 3.32. The number of carbonyl (C=O) groups is 1. The first-order chi connectivity index (χ1) is 15.8. The Kier molecular flexibility index (Phi) is 6.82. The van der Waals surface area contributed by atoms with Crippen molar-refractivity contribution in [2.24, 2.45) is 5.92 Å². The van der Waals surface area contributed by atoms with E-state index >= 15 is 0 Å². The minimum absolute atomic E-state index is 0.00707. The van der Waals surface area contributed by atoms with Gasteiger partial charge in [0.15, 0.2) is 11.5 Å². The highest BCUT2D eigenvalue weighted by molar-refractivity contribution is 7.89. The van der Waals surface area contributed by atoms with Gasteiger partial charge in [-0.1, -0.05) is 12.1 Å². The highest BCUT2D eigenvalue weighted by Crippen LogP contribution is 2.30. The number of aromatic nitrogens is 2. The zero-order valence-electron chi connectivity index (χ0n) is 18.7. The number of benzene rings is 2. The molecule has 2 aromatic carbocycles. The van der Waals surface area contributed by atoms with Gasteiger partial charge in [-0.25, -0.2) is 8.42 Å². The SMILES string of the molecule is COc1ccc(CN(C)C(=O)C2CCN(S(=O)(=O)c3cccc4nsnc34)CC2)cc1OC. The Hall–Kier alpha value is -2.76. The van der Waals surface area contributed by atoms with Crippen molar-refractivity contribution in [2.45, 2.75) is 24.3 Å². The molecule has 9 nitrogen and oxygen atoms in total. The van der Waals surface area contributed by atoms with Crippen molar-refractivity contribution in [1.82, 2.24) is 18.0 Å². The van der Waals surface area contributed by atoms with Gasteiger partial charge in [0, 0.05) is 32.6 Å². The van der Waals surface area contributed by atoms with E-state index in [1.807, 2.05) is 18.2 Å². The molecule has 4 rings (SSSR count). The molecule has 2 heterocycles. The quantitative estimate of drug-likeness (QED) is 0.502. The van der Waals surface area contributed by atoms with Crippen molar-refractivity contribution in [2.75, 3.05) is 34.4 Å². The number of amides is 1. The molecule has 0 bridgehead atoms. The van der Waals surface area contributed by atoms with Crippen LogP contribution in [-0.2, 0) is 21.4 Å². The molecule has 33 heavy (non-hydrogen) atoms. The number of methoxy groups -OCH3 is 2. The Morgan fingerprint density at radius 3 is 2.55 bits per heavy atom. The van der Waals surface area contributed by atoms with Gasteiger partial charge < -0.3 is 14.4 Å². The van der Waals surface area contributed by atoms with Crippen molar-refractivity contribution < 1.29 is 22.7 Å². The first kappa shape index (κ1) is 23.4. The summed E-state index contributed by atoms with van der Waals surface area (Å²) in [6.45, 7) is 1.00. The van der Waals surface area contributed by atoms with Gasteiger partial charge in [-0.15, -0.1) is 0 Å². The highest BCUT2D eigenvalue weighted by Gasteiger charge is 2.34. The van der Waals surface area contributed by atoms with Crippen LogP contribution in [-0.4, -0.2) is 66.6 Å². The maximum atomic E-state index is 13.2. The number of hydrogen-bond acceptors (Lipinski definition) is 8. The molecule has 176 valence electrons. The van der Waals surface area contributed by atoms with Gasteiger partial charge in [-0.2, -0.15) is 13.1 Å². The molecule has 1 aliphatic heterocycles. The lowest BCUT2D eigenvalue weighted by Gasteiger charge is -2.32. The van der Waals surface area contributed by atoms with E-state index in [9.17, 15) is 13.2 Å². The monoisotopic (exact) mass is 490 g/mol. The van der Waals surface area contributed by atoms with E-state index < -0.39 is 10.0 Å². The number of nitrogens with zero attached hydrogens (tertiary/aromatic N) is 4. The number of rotatable bonds is 7. The van der Waals surface area contributed by atoms with Crippen LogP contribution in [0.4, 0.5) is 0 Å². The largest absolute Gasteiger partial charge is 0.493 e. The van der Waals surface area contributed by atoms with Gasteiger partial charge in [-0.05, 0) is 42.7 Å². The summed E-state index contributed by atoms with van der Waals surface area (Å²) in [5, 5.41) is 0. The third-order valence-electron chi connectivity index (χ3n) is 5.91. The fraction of sp³-hybridized carbons (Fsp3) is 0.409. The van der Waals surface area contributed by atoms with Crippen LogP contribution in [0.1, 0.15) is 18.4 Å². The molecule has 0 N–H and O–H groups in total. The summed E-state index contributed by atoms with van der Waals surface area (Å²) in [5.74, 6) is 1.03. The number of piperidine rings is 1. The van der Waals surface area contributed by atoms with Crippen molar-refractivity contribution >= 4 is 38.7 Å². The van der Waals surface area contributed by atoms with E-state index in [1.54, 1.807) is 44.4 Å². The Morgan fingerprint density at radius 2 is 1.85 bits per heavy atom. The van der Waals surface area contributed by atoms with Crippen molar-refractivity contribution in [3.8, 4) is 11.5 Å². The predicted molar refractivity (Wildman–Crippen MR) is 125 cm³/mol. The van der Waals surface area contributed by atoms with E-state index in [-0.39, 0.29) is 29.8 Å². The first-order valence-corrected chi connectivity index (χ1v) is 12.7. The van der Waals surface area contributed by atoms with E-state index in [0.717, 1.165) is 17.3 Å². The van der Waals surface area contributed by atoms with Gasteiger partial charge in [0.05, 0.1) is 25.9 Å². The number of ether oxygens (including phenoxy) is 2. The van der Waals surface area contributed by atoms with Gasteiger partial charge in [-0.3, -0.25) is 4.79 Å². The molecule has 0 spiro atoms. The maximum absolute atomic E-state index is 13.2. The van der Waals surface area contributed by atoms with Gasteiger partial charge in [0.1, 0.15) is 15.9 Å². The van der Waals surface area contributed by atoms with E-state index in [2.05, 4.69) is 8.75 Å². The summed E-state index contributed by atoms with van der Waals surface area (Å²) >= 11 is 0.994. The zero-order valence-corrected chi connectivity index (χ0v) is 20.4. The predicted octanol–water partition coefficient (Wildman–Crippen LogP) is 2.77. The van der Waals surface area contributed by atoms with Crippen LogP contribution in [0.5, 0.6) is 11.5 Å². The molecule has 0 radical (unpaired) electrons. The lowest BCUT2D eigenvalue weighted by molar-refractivity contribution is -0.135. The molecule has 1 amide bonds. The zero-order chi connectivity index (χ0) is 23.6. The summed E-state index contributed by atoms with van der Waals surface area (Å²) in [7, 11) is 1.21. The van der Waals surface area contributed by atoms with Crippen LogP contribution in [0.2, 0.25) is 0 Å². The lowest BCUT2D eigenvalue weighted by atomic mass is 9.96. The standard InChI is InChI=1S/C22H26N4O5S2/c1-25(14-15-7-8-18(30-2)19(13-15)31-3)22(27)16-9-11-26(12-10-16)33(28,29)20-6-4-5-17-21(20)24-32-23-17/h4-8,13,16H,9-12,14H2,1-3H3. The minimum atomic E-state index is -3.70. The summed E-state index contributed by atoms with van der Waals surface area (Å²) in [5.41, 5.74) is 1.90. The number of fused-ring (bicyclic) bond motifs is 1. The van der Waals surface area contributed by atoms with E-state index in [4.69, 9.17) is 9.47 Å². The third kappa shape index (κ3) is 4.66. The van der Waals surface area contributed by atoms with Crippen molar-refractivity contribution in [3.05, 3.63) is 42.0 Å². The summed E-state index contributed by atoms with van der Waals surface area (Å²) in [6, 6.07) is 10.6. The van der Waals surface area contributed by atoms with Crippen LogP contribution >= 0.6 is 11.7 Å². The summed E-state index contributed by atoms with van der Waals surface area (Å²) in [4.78, 5) is 14.9.